The Morgan fingerprint density at radius 2 is 2.10 bits per heavy atom. The van der Waals surface area contributed by atoms with E-state index in [0.29, 0.717) is 12.2 Å². The topological polar surface area (TPSA) is 110 Å². The summed E-state index contributed by atoms with van der Waals surface area (Å²) in [5.74, 6) is -0.813. The molecule has 0 heterocycles. The molecule has 9 heteroatoms. The maximum absolute atomic E-state index is 11.2. The van der Waals surface area contributed by atoms with Gasteiger partial charge in [0.2, 0.25) is 0 Å². The van der Waals surface area contributed by atoms with Crippen molar-refractivity contribution in [2.75, 3.05) is 11.5 Å². The van der Waals surface area contributed by atoms with Crippen LogP contribution in [0.4, 0.5) is 5.69 Å². The number of carbonyl (C=O) groups is 1. The fraction of sp³-hybridized carbons (Fsp3) is 0.417. The Morgan fingerprint density at radius 3 is 2.57 bits per heavy atom. The monoisotopic (exact) mass is 333 g/mol. The van der Waals surface area contributed by atoms with E-state index < -0.39 is 23.1 Å². The molecule has 0 saturated heterocycles. The Labute approximate surface area is 131 Å². The Kier molecular flexibility index (Phi) is 6.79. The number of nitro benzene ring substituents is 1. The van der Waals surface area contributed by atoms with Crippen LogP contribution >= 0.6 is 25.3 Å². The summed E-state index contributed by atoms with van der Waals surface area (Å²) in [4.78, 5) is 21.1. The summed E-state index contributed by atoms with van der Waals surface area (Å²) in [5.41, 5.74) is -0.688. The first-order valence-electron chi connectivity index (χ1n) is 5.98. The number of benzene rings is 1. The molecule has 7 nitrogen and oxygen atoms in total. The number of carboxylic acid groups (broad SMARTS) is 1. The molecule has 0 radical (unpaired) electrons. The van der Waals surface area contributed by atoms with Crippen LogP contribution in [0.25, 0.3) is 0 Å². The highest BCUT2D eigenvalue weighted by molar-refractivity contribution is 7.80. The number of aliphatic hydroxyl groups excluding tert-OH is 1. The highest BCUT2D eigenvalue weighted by Crippen LogP contribution is 2.26. The van der Waals surface area contributed by atoms with Gasteiger partial charge in [0.15, 0.2) is 0 Å². The number of nitrogens with zero attached hydrogens (tertiary/aromatic N) is 1. The number of non-ortho nitro benzene ring substituents is 1. The minimum atomic E-state index is -1.35. The van der Waals surface area contributed by atoms with E-state index >= 15 is 0 Å². The first kappa shape index (κ1) is 17.6. The normalized spacial score (nSPS) is 13.5. The molecule has 21 heavy (non-hydrogen) atoms. The van der Waals surface area contributed by atoms with Gasteiger partial charge in [-0.15, -0.1) is 0 Å². The number of nitro groups is 1. The maximum atomic E-state index is 11.2. The van der Waals surface area contributed by atoms with Crippen LogP contribution in [0, 0.1) is 10.1 Å². The summed E-state index contributed by atoms with van der Waals surface area (Å²) < 4.78 is 5.44. The van der Waals surface area contributed by atoms with Gasteiger partial charge in [-0.1, -0.05) is 0 Å². The zero-order chi connectivity index (χ0) is 16.0. The molecule has 2 N–H and O–H groups in total. The molecule has 0 aliphatic rings. The fourth-order valence-corrected chi connectivity index (χ4v) is 2.20. The lowest BCUT2D eigenvalue weighted by molar-refractivity contribution is -0.384. The van der Waals surface area contributed by atoms with E-state index in [4.69, 9.17) is 9.84 Å². The predicted molar refractivity (Wildman–Crippen MR) is 82.8 cm³/mol. The zero-order valence-electron chi connectivity index (χ0n) is 10.9. The van der Waals surface area contributed by atoms with Crippen LogP contribution in [0.5, 0.6) is 5.75 Å². The number of thiol groups is 2. The second-order valence-corrected chi connectivity index (χ2v) is 4.97. The maximum Gasteiger partial charge on any atom is 0.339 e. The molecule has 1 aromatic carbocycles. The number of hydrogen-bond donors (Lipinski definition) is 4. The van der Waals surface area contributed by atoms with Gasteiger partial charge in [-0.25, -0.2) is 4.79 Å². The summed E-state index contributed by atoms with van der Waals surface area (Å²) in [6, 6.07) is 3.26. The van der Waals surface area contributed by atoms with Gasteiger partial charge in [0.1, 0.15) is 17.4 Å². The van der Waals surface area contributed by atoms with E-state index in [1.54, 1.807) is 0 Å². The standard InChI is InChI=1S/C12H15NO6S2/c14-9(3-4-20)11(6-21)19-10-2-1-7(13(17)18)5-8(10)12(15)16/h1-2,5,9,11,14,20-21H,3-4,6H2,(H,15,16). The van der Waals surface area contributed by atoms with Crippen LogP contribution in [-0.2, 0) is 0 Å². The average Bonchev–Trinajstić information content (AvgIpc) is 2.44. The minimum Gasteiger partial charge on any atom is -0.486 e. The highest BCUT2D eigenvalue weighted by Gasteiger charge is 2.23. The second-order valence-electron chi connectivity index (χ2n) is 4.16. The SMILES string of the molecule is O=C(O)c1cc([N+](=O)[O-])ccc1OC(CS)C(O)CCS. The first-order valence-corrected chi connectivity index (χ1v) is 7.25. The second kappa shape index (κ2) is 8.11. The molecule has 0 aromatic heterocycles. The number of aliphatic hydroxyl groups is 1. The average molecular weight is 333 g/mol. The summed E-state index contributed by atoms with van der Waals surface area (Å²) in [7, 11) is 0. The Balaban J connectivity index is 3.06. The number of carboxylic acids is 1. The van der Waals surface area contributed by atoms with Gasteiger partial charge < -0.3 is 14.9 Å². The Hall–Kier alpha value is -1.45. The summed E-state index contributed by atoms with van der Waals surface area (Å²) in [6.45, 7) is 0. The van der Waals surface area contributed by atoms with Crippen molar-refractivity contribution in [3.63, 3.8) is 0 Å². The molecular formula is C12H15NO6S2. The van der Waals surface area contributed by atoms with Gasteiger partial charge in [0, 0.05) is 17.9 Å². The number of ether oxygens (including phenoxy) is 1. The van der Waals surface area contributed by atoms with Crippen molar-refractivity contribution in [3.05, 3.63) is 33.9 Å². The molecule has 0 fully saturated rings. The fourth-order valence-electron chi connectivity index (χ4n) is 1.62. The zero-order valence-corrected chi connectivity index (χ0v) is 12.7. The van der Waals surface area contributed by atoms with Crippen LogP contribution in [0.2, 0.25) is 0 Å². The van der Waals surface area contributed by atoms with E-state index in [9.17, 15) is 20.0 Å². The molecule has 0 saturated carbocycles. The third-order valence-corrected chi connectivity index (χ3v) is 3.33. The van der Waals surface area contributed by atoms with Crippen LogP contribution < -0.4 is 4.74 Å². The largest absolute Gasteiger partial charge is 0.486 e. The predicted octanol–water partition coefficient (Wildman–Crippen LogP) is 1.65. The first-order chi connectivity index (χ1) is 9.90. The Bertz CT molecular complexity index is 524. The minimum absolute atomic E-state index is 0.0506. The van der Waals surface area contributed by atoms with Gasteiger partial charge in [0.05, 0.1) is 11.0 Å². The quantitative estimate of drug-likeness (QED) is 0.327. The van der Waals surface area contributed by atoms with Crippen molar-refractivity contribution in [3.8, 4) is 5.75 Å². The molecule has 1 aromatic rings. The van der Waals surface area contributed by atoms with Crippen molar-refractivity contribution in [2.45, 2.75) is 18.6 Å². The van der Waals surface area contributed by atoms with Gasteiger partial charge in [0.25, 0.3) is 5.69 Å². The van der Waals surface area contributed by atoms with Crippen molar-refractivity contribution < 1.29 is 24.7 Å². The van der Waals surface area contributed by atoms with Crippen molar-refractivity contribution in [1.29, 1.82) is 0 Å². The molecule has 2 atom stereocenters. The molecule has 0 aliphatic heterocycles. The molecule has 0 bridgehead atoms. The smallest absolute Gasteiger partial charge is 0.339 e. The van der Waals surface area contributed by atoms with E-state index in [2.05, 4.69) is 25.3 Å². The number of hydrogen-bond acceptors (Lipinski definition) is 7. The summed E-state index contributed by atoms with van der Waals surface area (Å²) in [5, 5.41) is 29.6. The van der Waals surface area contributed by atoms with E-state index in [-0.39, 0.29) is 22.8 Å². The van der Waals surface area contributed by atoms with Gasteiger partial charge >= 0.3 is 5.97 Å². The Morgan fingerprint density at radius 1 is 1.43 bits per heavy atom. The third kappa shape index (κ3) is 4.80. The van der Waals surface area contributed by atoms with E-state index in [1.165, 1.54) is 6.07 Å². The van der Waals surface area contributed by atoms with Gasteiger partial charge in [-0.2, -0.15) is 25.3 Å². The molecule has 1 rings (SSSR count). The van der Waals surface area contributed by atoms with E-state index in [1.807, 2.05) is 0 Å². The van der Waals surface area contributed by atoms with Crippen molar-refractivity contribution in [1.82, 2.24) is 0 Å². The molecule has 0 aliphatic carbocycles. The number of aromatic carboxylic acids is 1. The lowest BCUT2D eigenvalue weighted by Crippen LogP contribution is -2.34. The highest BCUT2D eigenvalue weighted by atomic mass is 32.1. The summed E-state index contributed by atoms with van der Waals surface area (Å²) in [6.07, 6.45) is -1.25. The van der Waals surface area contributed by atoms with Crippen molar-refractivity contribution >= 4 is 36.9 Å². The molecule has 0 amide bonds. The molecular weight excluding hydrogens is 318 g/mol. The summed E-state index contributed by atoms with van der Waals surface area (Å²) >= 11 is 8.05. The molecule has 2 unspecified atom stereocenters. The molecule has 0 spiro atoms. The van der Waals surface area contributed by atoms with Gasteiger partial charge in [-0.05, 0) is 18.2 Å². The van der Waals surface area contributed by atoms with Crippen LogP contribution in [0.15, 0.2) is 18.2 Å². The van der Waals surface area contributed by atoms with E-state index in [0.717, 1.165) is 12.1 Å². The van der Waals surface area contributed by atoms with Crippen LogP contribution in [-0.4, -0.2) is 44.8 Å². The lowest BCUT2D eigenvalue weighted by Gasteiger charge is -2.23. The number of rotatable bonds is 8. The lowest BCUT2D eigenvalue weighted by atomic mass is 10.1. The van der Waals surface area contributed by atoms with Crippen molar-refractivity contribution in [2.24, 2.45) is 0 Å². The molecule has 116 valence electrons. The van der Waals surface area contributed by atoms with Crippen LogP contribution in [0.1, 0.15) is 16.8 Å². The third-order valence-electron chi connectivity index (χ3n) is 2.72. The van der Waals surface area contributed by atoms with Gasteiger partial charge in [-0.3, -0.25) is 10.1 Å². The van der Waals surface area contributed by atoms with Crippen LogP contribution in [0.3, 0.4) is 0 Å².